The van der Waals surface area contributed by atoms with E-state index < -0.39 is 0 Å². The molecule has 0 bridgehead atoms. The first-order chi connectivity index (χ1) is 14.3. The Balaban J connectivity index is 1.46. The fourth-order valence-electron chi connectivity index (χ4n) is 3.34. The van der Waals surface area contributed by atoms with E-state index in [2.05, 4.69) is 45.6 Å². The smallest absolute Gasteiger partial charge is 0.119 e. The first-order valence-electron chi connectivity index (χ1n) is 9.37. The number of hydrogen-bond acceptors (Lipinski definition) is 5. The number of thiophene rings is 1. The molecule has 5 nitrogen and oxygen atoms in total. The van der Waals surface area contributed by atoms with Gasteiger partial charge in [-0.2, -0.15) is 0 Å². The van der Waals surface area contributed by atoms with Crippen LogP contribution >= 0.6 is 11.3 Å². The highest BCUT2D eigenvalue weighted by Gasteiger charge is 2.10. The number of nitrogens with one attached hydrogen (secondary N) is 2. The van der Waals surface area contributed by atoms with Crippen molar-refractivity contribution < 1.29 is 9.84 Å². The molecule has 6 heteroatoms. The molecule has 0 saturated heterocycles. The Morgan fingerprint density at radius 3 is 2.79 bits per heavy atom. The highest BCUT2D eigenvalue weighted by molar-refractivity contribution is 7.22. The maximum Gasteiger partial charge on any atom is 0.119 e. The van der Waals surface area contributed by atoms with E-state index in [1.54, 1.807) is 11.3 Å². The van der Waals surface area contributed by atoms with Crippen LogP contribution in [0.2, 0.25) is 0 Å². The van der Waals surface area contributed by atoms with Gasteiger partial charge in [0.25, 0.3) is 0 Å². The number of aromatic nitrogens is 2. The lowest BCUT2D eigenvalue weighted by Crippen LogP contribution is -2.01. The number of anilines is 2. The van der Waals surface area contributed by atoms with Gasteiger partial charge in [-0.15, -0.1) is 11.3 Å². The van der Waals surface area contributed by atoms with E-state index in [4.69, 9.17) is 9.84 Å². The molecule has 0 spiro atoms. The van der Waals surface area contributed by atoms with Gasteiger partial charge < -0.3 is 20.1 Å². The summed E-state index contributed by atoms with van der Waals surface area (Å²) in [5, 5.41) is 13.6. The van der Waals surface area contributed by atoms with Gasteiger partial charge in [-0.25, -0.2) is 0 Å². The summed E-state index contributed by atoms with van der Waals surface area (Å²) in [7, 11) is 0. The molecule has 0 fully saturated rings. The third-order valence-electron chi connectivity index (χ3n) is 4.74. The third-order valence-corrected chi connectivity index (χ3v) is 5.95. The molecule has 0 radical (unpaired) electrons. The van der Waals surface area contributed by atoms with Crippen LogP contribution in [0.1, 0.15) is 0 Å². The average molecular weight is 401 g/mol. The van der Waals surface area contributed by atoms with Crippen molar-refractivity contribution in [1.29, 1.82) is 0 Å². The quantitative estimate of drug-likeness (QED) is 0.348. The van der Waals surface area contributed by atoms with Crippen LogP contribution in [0.15, 0.2) is 73.1 Å². The number of aliphatic hydroxyl groups is 1. The maximum atomic E-state index is 8.88. The molecule has 3 aromatic heterocycles. The number of pyridine rings is 1. The summed E-state index contributed by atoms with van der Waals surface area (Å²) in [6.45, 7) is 0.312. The molecule has 0 aliphatic rings. The average Bonchev–Trinajstić information content (AvgIpc) is 3.40. The van der Waals surface area contributed by atoms with Crippen LogP contribution in [0, 0.1) is 0 Å². The second-order valence-electron chi connectivity index (χ2n) is 6.68. The molecule has 0 atom stereocenters. The van der Waals surface area contributed by atoms with Gasteiger partial charge in [0.1, 0.15) is 12.4 Å². The van der Waals surface area contributed by atoms with Crippen molar-refractivity contribution in [2.45, 2.75) is 0 Å². The molecule has 5 rings (SSSR count). The summed E-state index contributed by atoms with van der Waals surface area (Å²) in [6, 6.07) is 20.4. The lowest BCUT2D eigenvalue weighted by Gasteiger charge is -2.07. The molecule has 0 unspecified atom stereocenters. The van der Waals surface area contributed by atoms with Crippen molar-refractivity contribution in [3.63, 3.8) is 0 Å². The van der Waals surface area contributed by atoms with E-state index >= 15 is 0 Å². The molecule has 3 N–H and O–H groups in total. The molecule has 144 valence electrons. The largest absolute Gasteiger partial charge is 0.491 e. The summed E-state index contributed by atoms with van der Waals surface area (Å²) in [5.41, 5.74) is 5.30. The Bertz CT molecular complexity index is 1270. The van der Waals surface area contributed by atoms with Crippen LogP contribution in [0.4, 0.5) is 11.4 Å². The van der Waals surface area contributed by atoms with Crippen LogP contribution in [-0.2, 0) is 0 Å². The zero-order chi connectivity index (χ0) is 19.6. The minimum atomic E-state index is 0.0104. The van der Waals surface area contributed by atoms with Crippen molar-refractivity contribution in [1.82, 2.24) is 9.97 Å². The second kappa shape index (κ2) is 7.58. The molecule has 2 aromatic carbocycles. The number of H-pyrrole nitrogens is 1. The number of rotatable bonds is 6. The summed E-state index contributed by atoms with van der Waals surface area (Å²) in [4.78, 5) is 8.91. The van der Waals surface area contributed by atoms with Gasteiger partial charge in [0.05, 0.1) is 22.5 Å². The van der Waals surface area contributed by atoms with Crippen molar-refractivity contribution >= 4 is 43.8 Å². The molecular formula is C23H19N3O2S. The number of hydrogen-bond donors (Lipinski definition) is 3. The monoisotopic (exact) mass is 401 g/mol. The number of nitrogens with zero attached hydrogens (tertiary/aromatic N) is 1. The number of aliphatic hydroxyl groups excluding tert-OH is 1. The van der Waals surface area contributed by atoms with Crippen LogP contribution in [0.3, 0.4) is 0 Å². The van der Waals surface area contributed by atoms with Crippen molar-refractivity contribution in [3.8, 4) is 16.2 Å². The lowest BCUT2D eigenvalue weighted by molar-refractivity contribution is 0.201. The Kier molecular flexibility index (Phi) is 4.63. The standard InChI is InChI=1S/C23H19N3O2S/c27-11-12-28-18-4-1-15(2-5-18)22-14-21-23(29-22)20(8-10-25-21)26-17-3-6-19-16(13-17)7-9-24-19/h1-10,13-14,24,27H,11-12H2,(H,25,26). The zero-order valence-electron chi connectivity index (χ0n) is 15.6. The number of aromatic amines is 1. The summed E-state index contributed by atoms with van der Waals surface area (Å²) in [6.07, 6.45) is 3.78. The predicted molar refractivity (Wildman–Crippen MR) is 119 cm³/mol. The van der Waals surface area contributed by atoms with Gasteiger partial charge in [0, 0.05) is 33.9 Å². The topological polar surface area (TPSA) is 70.2 Å². The second-order valence-corrected chi connectivity index (χ2v) is 7.74. The first-order valence-corrected chi connectivity index (χ1v) is 10.2. The van der Waals surface area contributed by atoms with E-state index in [0.29, 0.717) is 6.61 Å². The van der Waals surface area contributed by atoms with Gasteiger partial charge in [-0.3, -0.25) is 4.98 Å². The first kappa shape index (κ1) is 17.7. The van der Waals surface area contributed by atoms with E-state index in [1.165, 1.54) is 5.39 Å². The Labute approximate surface area is 171 Å². The molecule has 0 amide bonds. The summed E-state index contributed by atoms with van der Waals surface area (Å²) >= 11 is 1.71. The fourth-order valence-corrected chi connectivity index (χ4v) is 4.43. The highest BCUT2D eigenvalue weighted by Crippen LogP contribution is 2.38. The van der Waals surface area contributed by atoms with E-state index in [0.717, 1.165) is 43.3 Å². The SMILES string of the molecule is OCCOc1ccc(-c2cc3nccc(Nc4ccc5[nH]ccc5c4)c3s2)cc1. The zero-order valence-corrected chi connectivity index (χ0v) is 16.4. The number of benzene rings is 2. The van der Waals surface area contributed by atoms with Crippen molar-refractivity contribution in [2.24, 2.45) is 0 Å². The van der Waals surface area contributed by atoms with Gasteiger partial charge >= 0.3 is 0 Å². The maximum absolute atomic E-state index is 8.88. The van der Waals surface area contributed by atoms with Gasteiger partial charge in [-0.05, 0) is 66.2 Å². The highest BCUT2D eigenvalue weighted by atomic mass is 32.1. The van der Waals surface area contributed by atoms with E-state index in [9.17, 15) is 0 Å². The normalized spacial score (nSPS) is 11.2. The van der Waals surface area contributed by atoms with Gasteiger partial charge in [0.15, 0.2) is 0 Å². The lowest BCUT2D eigenvalue weighted by atomic mass is 10.2. The minimum absolute atomic E-state index is 0.0104. The van der Waals surface area contributed by atoms with Crippen LogP contribution in [0.5, 0.6) is 5.75 Å². The summed E-state index contributed by atoms with van der Waals surface area (Å²) < 4.78 is 6.57. The molecule has 0 aliphatic heterocycles. The molecule has 29 heavy (non-hydrogen) atoms. The Morgan fingerprint density at radius 1 is 1.03 bits per heavy atom. The van der Waals surface area contributed by atoms with Crippen LogP contribution < -0.4 is 10.1 Å². The summed E-state index contributed by atoms with van der Waals surface area (Å²) in [5.74, 6) is 0.754. The minimum Gasteiger partial charge on any atom is -0.491 e. The Hall–Kier alpha value is -3.35. The fraction of sp³-hybridized carbons (Fsp3) is 0.0870. The molecule has 0 saturated carbocycles. The molecule has 0 aliphatic carbocycles. The van der Waals surface area contributed by atoms with Gasteiger partial charge in [0.2, 0.25) is 0 Å². The molecule has 5 aromatic rings. The molecular weight excluding hydrogens is 382 g/mol. The van der Waals surface area contributed by atoms with E-state index in [-0.39, 0.29) is 6.61 Å². The predicted octanol–water partition coefficient (Wildman–Crippen LogP) is 5.56. The van der Waals surface area contributed by atoms with Crippen LogP contribution in [-0.4, -0.2) is 28.3 Å². The molecule has 3 heterocycles. The number of fused-ring (bicyclic) bond motifs is 2. The van der Waals surface area contributed by atoms with E-state index in [1.807, 2.05) is 42.7 Å². The number of ether oxygens (including phenoxy) is 1. The van der Waals surface area contributed by atoms with Crippen molar-refractivity contribution in [2.75, 3.05) is 18.5 Å². The third kappa shape index (κ3) is 3.55. The van der Waals surface area contributed by atoms with Gasteiger partial charge in [-0.1, -0.05) is 0 Å². The van der Waals surface area contributed by atoms with Crippen molar-refractivity contribution in [3.05, 3.63) is 73.1 Å². The Morgan fingerprint density at radius 2 is 1.93 bits per heavy atom. The van der Waals surface area contributed by atoms with Crippen LogP contribution in [0.25, 0.3) is 31.6 Å².